The fraction of sp³-hybridized carbons (Fsp3) is 0.400. The van der Waals surface area contributed by atoms with Crippen molar-refractivity contribution >= 4 is 0 Å². The van der Waals surface area contributed by atoms with E-state index >= 15 is 0 Å². The normalized spacial score (nSPS) is 16.5. The lowest BCUT2D eigenvalue weighted by Crippen LogP contribution is -2.24. The molecule has 3 heterocycles. The quantitative estimate of drug-likeness (QED) is 0.527. The lowest BCUT2D eigenvalue weighted by atomic mass is 10.0. The second-order valence-electron chi connectivity index (χ2n) is 7.99. The summed E-state index contributed by atoms with van der Waals surface area (Å²) in [6.45, 7) is 7.21. The summed E-state index contributed by atoms with van der Waals surface area (Å²) in [6.07, 6.45) is 7.53. The Bertz CT molecular complexity index is 1010. The van der Waals surface area contributed by atoms with Crippen LogP contribution in [0, 0.1) is 6.92 Å². The number of hydrogen-bond acceptors (Lipinski definition) is 6. The van der Waals surface area contributed by atoms with Crippen LogP contribution in [0.25, 0.3) is 11.1 Å². The van der Waals surface area contributed by atoms with E-state index in [2.05, 4.69) is 52.1 Å². The highest BCUT2D eigenvalue weighted by Crippen LogP contribution is 2.35. The van der Waals surface area contributed by atoms with E-state index in [0.717, 1.165) is 59.8 Å². The zero-order valence-corrected chi connectivity index (χ0v) is 18.5. The minimum absolute atomic E-state index is 0.281. The SMILES string of the molecule is CCOc1ccc(COC)cc1CN1CCC[C@@H]1c1cc(-c2cncnc2)cc(C)n1. The van der Waals surface area contributed by atoms with Gasteiger partial charge in [-0.1, -0.05) is 6.07 Å². The van der Waals surface area contributed by atoms with Crippen molar-refractivity contribution in [2.24, 2.45) is 0 Å². The Labute approximate surface area is 184 Å². The average molecular weight is 419 g/mol. The van der Waals surface area contributed by atoms with Crippen LogP contribution < -0.4 is 4.74 Å². The molecule has 1 aromatic carbocycles. The van der Waals surface area contributed by atoms with Gasteiger partial charge in [0.2, 0.25) is 0 Å². The topological polar surface area (TPSA) is 60.4 Å². The molecule has 0 bridgehead atoms. The molecule has 0 aliphatic carbocycles. The van der Waals surface area contributed by atoms with E-state index in [1.807, 2.05) is 19.3 Å². The minimum Gasteiger partial charge on any atom is -0.494 e. The van der Waals surface area contributed by atoms with Crippen molar-refractivity contribution in [3.63, 3.8) is 0 Å². The summed E-state index contributed by atoms with van der Waals surface area (Å²) in [5, 5.41) is 0. The van der Waals surface area contributed by atoms with Gasteiger partial charge in [-0.15, -0.1) is 0 Å². The highest BCUT2D eigenvalue weighted by molar-refractivity contribution is 5.62. The number of ether oxygens (including phenoxy) is 2. The van der Waals surface area contributed by atoms with E-state index in [9.17, 15) is 0 Å². The van der Waals surface area contributed by atoms with E-state index in [-0.39, 0.29) is 6.04 Å². The van der Waals surface area contributed by atoms with E-state index in [1.54, 1.807) is 13.4 Å². The van der Waals surface area contributed by atoms with Crippen LogP contribution >= 0.6 is 0 Å². The second-order valence-corrected chi connectivity index (χ2v) is 7.99. The van der Waals surface area contributed by atoms with Crippen LogP contribution in [0.3, 0.4) is 0 Å². The van der Waals surface area contributed by atoms with Crippen LogP contribution in [0.5, 0.6) is 5.75 Å². The largest absolute Gasteiger partial charge is 0.494 e. The predicted molar refractivity (Wildman–Crippen MR) is 121 cm³/mol. The summed E-state index contributed by atoms with van der Waals surface area (Å²) in [5.41, 5.74) is 6.63. The van der Waals surface area contributed by atoms with Gasteiger partial charge < -0.3 is 9.47 Å². The number of hydrogen-bond donors (Lipinski definition) is 0. The maximum absolute atomic E-state index is 5.92. The summed E-state index contributed by atoms with van der Waals surface area (Å²) in [4.78, 5) is 15.8. The molecule has 0 saturated carbocycles. The predicted octanol–water partition coefficient (Wildman–Crippen LogP) is 4.73. The third-order valence-electron chi connectivity index (χ3n) is 5.68. The summed E-state index contributed by atoms with van der Waals surface area (Å²) < 4.78 is 11.3. The van der Waals surface area contributed by atoms with Crippen LogP contribution in [0.1, 0.15) is 48.3 Å². The first-order chi connectivity index (χ1) is 15.2. The van der Waals surface area contributed by atoms with Gasteiger partial charge in [0, 0.05) is 42.9 Å². The Morgan fingerprint density at radius 1 is 1.10 bits per heavy atom. The van der Waals surface area contributed by atoms with Gasteiger partial charge in [-0.3, -0.25) is 9.88 Å². The summed E-state index contributed by atoms with van der Waals surface area (Å²) >= 11 is 0. The smallest absolute Gasteiger partial charge is 0.123 e. The monoisotopic (exact) mass is 418 g/mol. The molecule has 0 unspecified atom stereocenters. The van der Waals surface area contributed by atoms with Gasteiger partial charge in [-0.2, -0.15) is 0 Å². The Balaban J connectivity index is 1.62. The molecule has 1 saturated heterocycles. The lowest BCUT2D eigenvalue weighted by Gasteiger charge is -2.26. The molecule has 1 atom stereocenters. The Morgan fingerprint density at radius 3 is 2.71 bits per heavy atom. The van der Waals surface area contributed by atoms with Crippen molar-refractivity contribution in [3.8, 4) is 16.9 Å². The number of likely N-dealkylation sites (tertiary alicyclic amines) is 1. The summed E-state index contributed by atoms with van der Waals surface area (Å²) in [6, 6.07) is 10.9. The van der Waals surface area contributed by atoms with Crippen molar-refractivity contribution in [2.45, 2.75) is 45.9 Å². The van der Waals surface area contributed by atoms with Crippen LogP contribution in [-0.2, 0) is 17.9 Å². The number of rotatable bonds is 8. The van der Waals surface area contributed by atoms with Gasteiger partial charge in [0.1, 0.15) is 12.1 Å². The molecule has 0 N–H and O–H groups in total. The maximum Gasteiger partial charge on any atom is 0.123 e. The number of nitrogens with zero attached hydrogens (tertiary/aromatic N) is 4. The van der Waals surface area contributed by atoms with E-state index < -0.39 is 0 Å². The Hall–Kier alpha value is -2.83. The highest BCUT2D eigenvalue weighted by Gasteiger charge is 2.28. The number of pyridine rings is 1. The molecule has 6 nitrogen and oxygen atoms in total. The van der Waals surface area contributed by atoms with Gasteiger partial charge in [0.25, 0.3) is 0 Å². The zero-order valence-electron chi connectivity index (χ0n) is 18.5. The first kappa shape index (κ1) is 21.4. The number of aromatic nitrogens is 3. The number of benzene rings is 1. The third kappa shape index (κ3) is 5.09. The van der Waals surface area contributed by atoms with Crippen LogP contribution in [0.2, 0.25) is 0 Å². The molecule has 0 radical (unpaired) electrons. The van der Waals surface area contributed by atoms with Gasteiger partial charge >= 0.3 is 0 Å². The van der Waals surface area contributed by atoms with E-state index in [4.69, 9.17) is 14.5 Å². The van der Waals surface area contributed by atoms with Gasteiger partial charge in [-0.05, 0) is 68.6 Å². The van der Waals surface area contributed by atoms with Gasteiger partial charge in [-0.25, -0.2) is 9.97 Å². The zero-order chi connectivity index (χ0) is 21.6. The molecule has 6 heteroatoms. The van der Waals surface area contributed by atoms with Gasteiger partial charge in [0.05, 0.1) is 24.9 Å². The summed E-state index contributed by atoms with van der Waals surface area (Å²) in [5.74, 6) is 0.951. The summed E-state index contributed by atoms with van der Waals surface area (Å²) in [7, 11) is 1.73. The van der Waals surface area contributed by atoms with Crippen molar-refractivity contribution in [2.75, 3.05) is 20.3 Å². The molecule has 0 spiro atoms. The van der Waals surface area contributed by atoms with E-state index in [0.29, 0.717) is 13.2 Å². The third-order valence-corrected chi connectivity index (χ3v) is 5.68. The molecule has 162 valence electrons. The van der Waals surface area contributed by atoms with Crippen LogP contribution in [-0.4, -0.2) is 40.1 Å². The maximum atomic E-state index is 5.92. The fourth-order valence-corrected chi connectivity index (χ4v) is 4.36. The number of aryl methyl sites for hydroxylation is 1. The molecule has 31 heavy (non-hydrogen) atoms. The molecule has 3 aromatic rings. The minimum atomic E-state index is 0.281. The van der Waals surface area contributed by atoms with Gasteiger partial charge in [0.15, 0.2) is 0 Å². The molecule has 1 fully saturated rings. The van der Waals surface area contributed by atoms with Crippen LogP contribution in [0.4, 0.5) is 0 Å². The lowest BCUT2D eigenvalue weighted by molar-refractivity contribution is 0.184. The molecule has 4 rings (SSSR count). The Kier molecular flexibility index (Phi) is 6.89. The first-order valence-electron chi connectivity index (χ1n) is 10.9. The highest BCUT2D eigenvalue weighted by atomic mass is 16.5. The second kappa shape index (κ2) is 9.98. The van der Waals surface area contributed by atoms with Crippen LogP contribution in [0.15, 0.2) is 49.1 Å². The standard InChI is InChI=1S/C25H30N4O2/c1-4-31-25-8-7-19(16-30-3)11-21(25)15-29-9-5-6-24(29)23-12-20(10-18(2)28-23)22-13-26-17-27-14-22/h7-8,10-14,17,24H,4-6,9,15-16H2,1-3H3/t24-/m1/s1. The number of methoxy groups -OCH3 is 1. The molecular weight excluding hydrogens is 388 g/mol. The van der Waals surface area contributed by atoms with Crippen molar-refractivity contribution in [1.29, 1.82) is 0 Å². The Morgan fingerprint density at radius 2 is 1.94 bits per heavy atom. The van der Waals surface area contributed by atoms with Crippen molar-refractivity contribution < 1.29 is 9.47 Å². The molecule has 2 aromatic heterocycles. The van der Waals surface area contributed by atoms with Crippen molar-refractivity contribution in [1.82, 2.24) is 19.9 Å². The fourth-order valence-electron chi connectivity index (χ4n) is 4.36. The molecule has 1 aliphatic heterocycles. The molecule has 1 aliphatic rings. The molecular formula is C25H30N4O2. The first-order valence-corrected chi connectivity index (χ1v) is 10.9. The van der Waals surface area contributed by atoms with E-state index in [1.165, 1.54) is 5.56 Å². The van der Waals surface area contributed by atoms with Crippen molar-refractivity contribution in [3.05, 3.63) is 71.6 Å². The molecule has 0 amide bonds. The average Bonchev–Trinajstić information content (AvgIpc) is 3.24.